The molecule has 0 saturated carbocycles. The summed E-state index contributed by atoms with van der Waals surface area (Å²) in [5.41, 5.74) is 1.03. The van der Waals surface area contributed by atoms with Crippen molar-refractivity contribution in [1.29, 1.82) is 0 Å². The molecule has 1 amide bonds. The van der Waals surface area contributed by atoms with Crippen LogP contribution in [-0.2, 0) is 16.1 Å². The molecule has 6 nitrogen and oxygen atoms in total. The van der Waals surface area contributed by atoms with Crippen molar-refractivity contribution in [2.75, 3.05) is 46.0 Å². The van der Waals surface area contributed by atoms with Crippen LogP contribution in [0.25, 0.3) is 0 Å². The molecule has 2 N–H and O–H groups in total. The number of hydrogen-bond donors (Lipinski definition) is 2. The van der Waals surface area contributed by atoms with Crippen LogP contribution in [0, 0.1) is 0 Å². The fourth-order valence-electron chi connectivity index (χ4n) is 3.32. The smallest absolute Gasteiger partial charge is 0.221 e. The minimum absolute atomic E-state index is 0.0996. The van der Waals surface area contributed by atoms with Gasteiger partial charge in [0.25, 0.3) is 0 Å². The molecule has 6 heteroatoms. The SMILES string of the molecule is O=C(CC1CCCN1)NCc1ccccc1OCCN1CCOCC1. The second-order valence-electron chi connectivity index (χ2n) is 6.68. The normalized spacial score (nSPS) is 21.2. The number of para-hydroxylation sites is 1. The highest BCUT2D eigenvalue weighted by atomic mass is 16.5. The Morgan fingerprint density at radius 1 is 1.32 bits per heavy atom. The average molecular weight is 347 g/mol. The van der Waals surface area contributed by atoms with Crippen LogP contribution in [0.4, 0.5) is 0 Å². The second-order valence-corrected chi connectivity index (χ2v) is 6.68. The molecule has 3 rings (SSSR count). The van der Waals surface area contributed by atoms with E-state index in [-0.39, 0.29) is 5.91 Å². The first-order valence-corrected chi connectivity index (χ1v) is 9.32. The predicted octanol–water partition coefficient (Wildman–Crippen LogP) is 1.16. The van der Waals surface area contributed by atoms with Crippen LogP contribution in [0.5, 0.6) is 5.75 Å². The number of rotatable bonds is 8. The van der Waals surface area contributed by atoms with Crippen LogP contribution in [0.15, 0.2) is 24.3 Å². The number of amides is 1. The van der Waals surface area contributed by atoms with Crippen LogP contribution in [0.1, 0.15) is 24.8 Å². The lowest BCUT2D eigenvalue weighted by Gasteiger charge is -2.26. The fraction of sp³-hybridized carbons (Fsp3) is 0.632. The van der Waals surface area contributed by atoms with Gasteiger partial charge >= 0.3 is 0 Å². The highest BCUT2D eigenvalue weighted by Crippen LogP contribution is 2.18. The summed E-state index contributed by atoms with van der Waals surface area (Å²) < 4.78 is 11.3. The summed E-state index contributed by atoms with van der Waals surface area (Å²) in [7, 11) is 0. The molecular weight excluding hydrogens is 318 g/mol. The van der Waals surface area contributed by atoms with Crippen molar-refractivity contribution in [3.8, 4) is 5.75 Å². The first kappa shape index (κ1) is 18.2. The Bertz CT molecular complexity index is 540. The first-order valence-electron chi connectivity index (χ1n) is 9.32. The molecule has 1 atom stereocenters. The maximum atomic E-state index is 12.1. The summed E-state index contributed by atoms with van der Waals surface area (Å²) >= 11 is 0. The monoisotopic (exact) mass is 347 g/mol. The third-order valence-corrected chi connectivity index (χ3v) is 4.81. The van der Waals surface area contributed by atoms with Gasteiger partial charge in [0.15, 0.2) is 0 Å². The summed E-state index contributed by atoms with van der Waals surface area (Å²) in [5, 5.41) is 6.38. The van der Waals surface area contributed by atoms with E-state index in [1.807, 2.05) is 24.3 Å². The molecule has 2 aliphatic rings. The summed E-state index contributed by atoms with van der Waals surface area (Å²) in [6, 6.07) is 8.27. The van der Waals surface area contributed by atoms with Gasteiger partial charge in [-0.3, -0.25) is 9.69 Å². The quantitative estimate of drug-likeness (QED) is 0.739. The lowest BCUT2D eigenvalue weighted by Crippen LogP contribution is -2.38. The zero-order valence-electron chi connectivity index (χ0n) is 14.8. The van der Waals surface area contributed by atoms with Gasteiger partial charge in [0, 0.05) is 44.2 Å². The number of carbonyl (C=O) groups excluding carboxylic acids is 1. The molecule has 1 aromatic carbocycles. The van der Waals surface area contributed by atoms with Crippen molar-refractivity contribution in [2.24, 2.45) is 0 Å². The lowest BCUT2D eigenvalue weighted by atomic mass is 10.1. The summed E-state index contributed by atoms with van der Waals surface area (Å²) in [5.74, 6) is 0.956. The fourth-order valence-corrected chi connectivity index (χ4v) is 3.32. The summed E-state index contributed by atoms with van der Waals surface area (Å²) in [6.45, 7) is 6.63. The summed E-state index contributed by atoms with van der Waals surface area (Å²) in [6.07, 6.45) is 2.81. The molecule has 0 bridgehead atoms. The van der Waals surface area contributed by atoms with Gasteiger partial charge in [-0.1, -0.05) is 18.2 Å². The Morgan fingerprint density at radius 3 is 2.96 bits per heavy atom. The van der Waals surface area contributed by atoms with Gasteiger partial charge < -0.3 is 20.1 Å². The van der Waals surface area contributed by atoms with E-state index >= 15 is 0 Å². The van der Waals surface area contributed by atoms with Gasteiger partial charge in [-0.25, -0.2) is 0 Å². The van der Waals surface area contributed by atoms with Crippen LogP contribution >= 0.6 is 0 Å². The molecular formula is C19H29N3O3. The molecule has 0 aliphatic carbocycles. The number of carbonyl (C=O) groups is 1. The molecule has 0 aromatic heterocycles. The number of morpholine rings is 1. The van der Waals surface area contributed by atoms with E-state index in [9.17, 15) is 4.79 Å². The molecule has 2 fully saturated rings. The van der Waals surface area contributed by atoms with Gasteiger partial charge in [0.05, 0.1) is 13.2 Å². The van der Waals surface area contributed by atoms with Gasteiger partial charge in [-0.05, 0) is 25.5 Å². The molecule has 2 heterocycles. The first-order chi connectivity index (χ1) is 12.3. The van der Waals surface area contributed by atoms with E-state index in [1.165, 1.54) is 0 Å². The zero-order chi connectivity index (χ0) is 17.3. The van der Waals surface area contributed by atoms with Crippen molar-refractivity contribution in [1.82, 2.24) is 15.5 Å². The lowest BCUT2D eigenvalue weighted by molar-refractivity contribution is -0.121. The third-order valence-electron chi connectivity index (χ3n) is 4.81. The predicted molar refractivity (Wildman–Crippen MR) is 96.7 cm³/mol. The Morgan fingerprint density at radius 2 is 2.16 bits per heavy atom. The minimum Gasteiger partial charge on any atom is -0.492 e. The topological polar surface area (TPSA) is 62.8 Å². The largest absolute Gasteiger partial charge is 0.492 e. The number of nitrogens with one attached hydrogen (secondary N) is 2. The van der Waals surface area contributed by atoms with Gasteiger partial charge in [-0.15, -0.1) is 0 Å². The Hall–Kier alpha value is -1.63. The molecule has 1 aromatic rings. The molecule has 2 aliphatic heterocycles. The highest BCUT2D eigenvalue weighted by Gasteiger charge is 2.17. The maximum Gasteiger partial charge on any atom is 0.221 e. The van der Waals surface area contributed by atoms with E-state index in [2.05, 4.69) is 15.5 Å². The zero-order valence-corrected chi connectivity index (χ0v) is 14.8. The molecule has 0 radical (unpaired) electrons. The number of hydrogen-bond acceptors (Lipinski definition) is 5. The number of ether oxygens (including phenoxy) is 2. The van der Waals surface area contributed by atoms with Crippen molar-refractivity contribution in [2.45, 2.75) is 31.8 Å². The molecule has 138 valence electrons. The molecule has 2 saturated heterocycles. The third kappa shape index (κ3) is 5.99. The standard InChI is InChI=1S/C19H29N3O3/c23-19(14-17-5-3-7-20-17)21-15-16-4-1-2-6-18(16)25-13-10-22-8-11-24-12-9-22/h1-2,4,6,17,20H,3,5,7-15H2,(H,21,23). The van der Waals surface area contributed by atoms with Gasteiger partial charge in [-0.2, -0.15) is 0 Å². The van der Waals surface area contributed by atoms with Gasteiger partial charge in [0.2, 0.25) is 5.91 Å². The summed E-state index contributed by atoms with van der Waals surface area (Å²) in [4.78, 5) is 14.4. The van der Waals surface area contributed by atoms with Crippen LogP contribution in [0.3, 0.4) is 0 Å². The van der Waals surface area contributed by atoms with E-state index in [1.54, 1.807) is 0 Å². The maximum absolute atomic E-state index is 12.1. The Labute approximate surface area is 149 Å². The van der Waals surface area contributed by atoms with Gasteiger partial charge in [0.1, 0.15) is 12.4 Å². The van der Waals surface area contributed by atoms with E-state index < -0.39 is 0 Å². The molecule has 1 unspecified atom stereocenters. The average Bonchev–Trinajstić information content (AvgIpc) is 3.15. The van der Waals surface area contributed by atoms with Crippen molar-refractivity contribution >= 4 is 5.91 Å². The van der Waals surface area contributed by atoms with Crippen LogP contribution in [0.2, 0.25) is 0 Å². The van der Waals surface area contributed by atoms with E-state index in [4.69, 9.17) is 9.47 Å². The minimum atomic E-state index is 0.0996. The van der Waals surface area contributed by atoms with E-state index in [0.717, 1.165) is 63.5 Å². The number of nitrogens with zero attached hydrogens (tertiary/aromatic N) is 1. The second kappa shape index (κ2) is 9.75. The highest BCUT2D eigenvalue weighted by molar-refractivity contribution is 5.76. The Balaban J connectivity index is 1.42. The molecule has 0 spiro atoms. The van der Waals surface area contributed by atoms with Crippen LogP contribution in [-0.4, -0.2) is 62.8 Å². The van der Waals surface area contributed by atoms with Crippen molar-refractivity contribution in [3.63, 3.8) is 0 Å². The van der Waals surface area contributed by atoms with Crippen molar-refractivity contribution < 1.29 is 14.3 Å². The van der Waals surface area contributed by atoms with E-state index in [0.29, 0.717) is 25.6 Å². The van der Waals surface area contributed by atoms with Crippen molar-refractivity contribution in [3.05, 3.63) is 29.8 Å². The Kier molecular flexibility index (Phi) is 7.09. The number of benzene rings is 1. The van der Waals surface area contributed by atoms with Crippen LogP contribution < -0.4 is 15.4 Å². The molecule has 25 heavy (non-hydrogen) atoms.